The molecule has 0 bridgehead atoms. The molecule has 0 aromatic rings. The Morgan fingerprint density at radius 2 is 2.23 bits per heavy atom. The van der Waals surface area contributed by atoms with Gasteiger partial charge in [0.15, 0.2) is 0 Å². The van der Waals surface area contributed by atoms with Gasteiger partial charge in [-0.25, -0.2) is 0 Å². The zero-order valence-electron chi connectivity index (χ0n) is 8.17. The van der Waals surface area contributed by atoms with Crippen molar-refractivity contribution in [3.63, 3.8) is 0 Å². The first-order valence-corrected chi connectivity index (χ1v) is 5.70. The van der Waals surface area contributed by atoms with Crippen molar-refractivity contribution >= 4 is 17.7 Å². The zero-order valence-corrected chi connectivity index (χ0v) is 8.99. The maximum atomic E-state index is 10.8. The maximum absolute atomic E-state index is 10.8. The quantitative estimate of drug-likeness (QED) is 0.701. The Bertz CT molecular complexity index is 190. The van der Waals surface area contributed by atoms with Gasteiger partial charge in [0, 0.05) is 5.75 Å². The minimum atomic E-state index is -0.702. The zero-order chi connectivity index (χ0) is 9.90. The van der Waals surface area contributed by atoms with Crippen LogP contribution < -0.4 is 5.32 Å². The second-order valence-corrected chi connectivity index (χ2v) is 5.26. The molecule has 1 rings (SSSR count). The van der Waals surface area contributed by atoms with Gasteiger partial charge >= 0.3 is 5.97 Å². The van der Waals surface area contributed by atoms with E-state index in [1.54, 1.807) is 25.6 Å². The van der Waals surface area contributed by atoms with E-state index in [1.165, 1.54) is 0 Å². The SMILES string of the molecule is CC(C)(CSCC1CNC1)C(=O)O. The molecule has 0 atom stereocenters. The molecule has 76 valence electrons. The molecule has 1 saturated heterocycles. The van der Waals surface area contributed by atoms with E-state index in [2.05, 4.69) is 5.32 Å². The van der Waals surface area contributed by atoms with E-state index in [0.29, 0.717) is 5.75 Å². The number of carboxylic acids is 1. The number of thioether (sulfide) groups is 1. The fraction of sp³-hybridized carbons (Fsp3) is 0.889. The lowest BCUT2D eigenvalue weighted by Crippen LogP contribution is -2.43. The van der Waals surface area contributed by atoms with Crippen molar-refractivity contribution in [1.82, 2.24) is 5.32 Å². The summed E-state index contributed by atoms with van der Waals surface area (Å²) in [5, 5.41) is 12.1. The van der Waals surface area contributed by atoms with E-state index in [-0.39, 0.29) is 0 Å². The number of rotatable bonds is 5. The summed E-state index contributed by atoms with van der Waals surface area (Å²) >= 11 is 1.75. The maximum Gasteiger partial charge on any atom is 0.309 e. The third-order valence-corrected chi connectivity index (χ3v) is 3.89. The summed E-state index contributed by atoms with van der Waals surface area (Å²) < 4.78 is 0. The predicted molar refractivity (Wildman–Crippen MR) is 55.1 cm³/mol. The van der Waals surface area contributed by atoms with Crippen molar-refractivity contribution in [3.8, 4) is 0 Å². The Morgan fingerprint density at radius 3 is 2.62 bits per heavy atom. The van der Waals surface area contributed by atoms with Crippen LogP contribution >= 0.6 is 11.8 Å². The molecule has 3 nitrogen and oxygen atoms in total. The van der Waals surface area contributed by atoms with Crippen molar-refractivity contribution in [2.75, 3.05) is 24.6 Å². The second-order valence-electron chi connectivity index (χ2n) is 4.23. The fourth-order valence-electron chi connectivity index (χ4n) is 1.01. The van der Waals surface area contributed by atoms with Crippen molar-refractivity contribution in [2.24, 2.45) is 11.3 Å². The number of carboxylic acid groups (broad SMARTS) is 1. The highest BCUT2D eigenvalue weighted by atomic mass is 32.2. The molecule has 0 aromatic heterocycles. The molecule has 1 aliphatic rings. The highest BCUT2D eigenvalue weighted by Gasteiger charge is 2.27. The Balaban J connectivity index is 2.13. The number of hydrogen-bond donors (Lipinski definition) is 2. The second kappa shape index (κ2) is 4.33. The van der Waals surface area contributed by atoms with E-state index in [1.807, 2.05) is 0 Å². The van der Waals surface area contributed by atoms with Crippen LogP contribution in [0, 0.1) is 11.3 Å². The minimum Gasteiger partial charge on any atom is -0.481 e. The van der Waals surface area contributed by atoms with Crippen LogP contribution in [-0.2, 0) is 4.79 Å². The third-order valence-electron chi connectivity index (χ3n) is 2.26. The van der Waals surface area contributed by atoms with Gasteiger partial charge in [-0.15, -0.1) is 0 Å². The standard InChI is InChI=1S/C9H17NO2S/c1-9(2,8(11)12)6-13-5-7-3-10-4-7/h7,10H,3-6H2,1-2H3,(H,11,12). The molecule has 4 heteroatoms. The molecule has 0 radical (unpaired) electrons. The first kappa shape index (κ1) is 10.9. The van der Waals surface area contributed by atoms with Crippen LogP contribution in [0.25, 0.3) is 0 Å². The Hall–Kier alpha value is -0.220. The first-order chi connectivity index (χ1) is 6.02. The molecular weight excluding hydrogens is 186 g/mol. The molecular formula is C9H17NO2S. The number of aliphatic carboxylic acids is 1. The lowest BCUT2D eigenvalue weighted by atomic mass is 9.97. The summed E-state index contributed by atoms with van der Waals surface area (Å²) in [7, 11) is 0. The van der Waals surface area contributed by atoms with Gasteiger partial charge in [-0.3, -0.25) is 4.79 Å². The van der Waals surface area contributed by atoms with E-state index in [4.69, 9.17) is 5.11 Å². The van der Waals surface area contributed by atoms with Gasteiger partial charge in [-0.1, -0.05) is 0 Å². The molecule has 0 unspecified atom stereocenters. The summed E-state index contributed by atoms with van der Waals surface area (Å²) in [6.07, 6.45) is 0. The molecule has 0 aromatic carbocycles. The molecule has 2 N–H and O–H groups in total. The largest absolute Gasteiger partial charge is 0.481 e. The number of nitrogens with one attached hydrogen (secondary N) is 1. The molecule has 0 amide bonds. The summed E-state index contributed by atoms with van der Waals surface area (Å²) in [5.41, 5.74) is -0.582. The molecule has 1 heterocycles. The van der Waals surface area contributed by atoms with Crippen molar-refractivity contribution in [3.05, 3.63) is 0 Å². The third kappa shape index (κ3) is 3.19. The van der Waals surface area contributed by atoms with E-state index >= 15 is 0 Å². The van der Waals surface area contributed by atoms with Gasteiger partial charge in [-0.05, 0) is 38.6 Å². The van der Waals surface area contributed by atoms with Gasteiger partial charge in [0.1, 0.15) is 0 Å². The average molecular weight is 203 g/mol. The van der Waals surface area contributed by atoms with Gasteiger partial charge in [0.25, 0.3) is 0 Å². The van der Waals surface area contributed by atoms with Crippen LogP contribution in [0.4, 0.5) is 0 Å². The highest BCUT2D eigenvalue weighted by molar-refractivity contribution is 7.99. The molecule has 1 aliphatic heterocycles. The monoisotopic (exact) mass is 203 g/mol. The van der Waals surface area contributed by atoms with Gasteiger partial charge in [-0.2, -0.15) is 11.8 Å². The lowest BCUT2D eigenvalue weighted by molar-refractivity contribution is -0.145. The number of carbonyl (C=O) groups is 1. The van der Waals surface area contributed by atoms with Crippen LogP contribution in [-0.4, -0.2) is 35.7 Å². The predicted octanol–water partition coefficient (Wildman–Crippen LogP) is 1.05. The average Bonchev–Trinajstić information content (AvgIpc) is 1.94. The summed E-state index contributed by atoms with van der Waals surface area (Å²) in [4.78, 5) is 10.8. The van der Waals surface area contributed by atoms with Crippen LogP contribution in [0.2, 0.25) is 0 Å². The van der Waals surface area contributed by atoms with E-state index in [0.717, 1.165) is 24.8 Å². The van der Waals surface area contributed by atoms with Crippen molar-refractivity contribution in [1.29, 1.82) is 0 Å². The normalized spacial score (nSPS) is 18.3. The Morgan fingerprint density at radius 1 is 1.62 bits per heavy atom. The van der Waals surface area contributed by atoms with E-state index < -0.39 is 11.4 Å². The Labute approximate surface area is 83.3 Å². The van der Waals surface area contributed by atoms with Crippen molar-refractivity contribution < 1.29 is 9.90 Å². The van der Waals surface area contributed by atoms with Crippen LogP contribution in [0.1, 0.15) is 13.8 Å². The molecule has 13 heavy (non-hydrogen) atoms. The number of hydrogen-bond acceptors (Lipinski definition) is 3. The molecule has 1 fully saturated rings. The summed E-state index contributed by atoms with van der Waals surface area (Å²) in [6.45, 7) is 5.75. The van der Waals surface area contributed by atoms with E-state index in [9.17, 15) is 4.79 Å². The minimum absolute atomic E-state index is 0.582. The van der Waals surface area contributed by atoms with Gasteiger partial charge in [0.05, 0.1) is 5.41 Å². The van der Waals surface area contributed by atoms with Crippen molar-refractivity contribution in [2.45, 2.75) is 13.8 Å². The highest BCUT2D eigenvalue weighted by Crippen LogP contribution is 2.24. The molecule has 0 saturated carbocycles. The molecule has 0 aliphatic carbocycles. The van der Waals surface area contributed by atoms with Gasteiger partial charge in [0.2, 0.25) is 0 Å². The fourth-order valence-corrected chi connectivity index (χ4v) is 2.33. The lowest BCUT2D eigenvalue weighted by Gasteiger charge is -2.28. The van der Waals surface area contributed by atoms with Crippen LogP contribution in [0.5, 0.6) is 0 Å². The Kier molecular flexibility index (Phi) is 3.62. The summed E-state index contributed by atoms with van der Waals surface area (Å²) in [6, 6.07) is 0. The van der Waals surface area contributed by atoms with Crippen LogP contribution in [0.15, 0.2) is 0 Å². The molecule has 0 spiro atoms. The van der Waals surface area contributed by atoms with Gasteiger partial charge < -0.3 is 10.4 Å². The smallest absolute Gasteiger partial charge is 0.309 e. The first-order valence-electron chi connectivity index (χ1n) is 4.54. The topological polar surface area (TPSA) is 49.3 Å². The van der Waals surface area contributed by atoms with Crippen LogP contribution in [0.3, 0.4) is 0 Å². The summed E-state index contributed by atoms with van der Waals surface area (Å²) in [5.74, 6) is 1.85.